The van der Waals surface area contributed by atoms with Gasteiger partial charge in [-0.3, -0.25) is 4.90 Å². The third-order valence-electron chi connectivity index (χ3n) is 3.22. The molecule has 0 aromatic carbocycles. The highest BCUT2D eigenvalue weighted by Gasteiger charge is 2.35. The number of hydrogen-bond donors (Lipinski definition) is 1. The van der Waals surface area contributed by atoms with Gasteiger partial charge in [-0.05, 0) is 45.8 Å². The first-order valence-electron chi connectivity index (χ1n) is 4.77. The number of nitrogens with zero attached hydrogens (tertiary/aromatic N) is 1. The number of hydrogen-bond acceptors (Lipinski definition) is 2. The van der Waals surface area contributed by atoms with Crippen LogP contribution in [0.1, 0.15) is 26.2 Å². The van der Waals surface area contributed by atoms with Crippen molar-refractivity contribution in [2.75, 3.05) is 26.2 Å². The summed E-state index contributed by atoms with van der Waals surface area (Å²) in [4.78, 5) is 2.66. The molecule has 0 spiro atoms. The van der Waals surface area contributed by atoms with Crippen LogP contribution in [0.25, 0.3) is 0 Å². The highest BCUT2D eigenvalue weighted by molar-refractivity contribution is 4.95. The summed E-state index contributed by atoms with van der Waals surface area (Å²) in [7, 11) is 0. The summed E-state index contributed by atoms with van der Waals surface area (Å²) in [6.45, 7) is 7.48. The summed E-state index contributed by atoms with van der Waals surface area (Å²) in [6.07, 6.45) is 4.16. The van der Waals surface area contributed by atoms with Crippen molar-refractivity contribution in [1.29, 1.82) is 0 Å². The first kappa shape index (κ1) is 7.56. The summed E-state index contributed by atoms with van der Waals surface area (Å²) in [6, 6.07) is 0. The van der Waals surface area contributed by atoms with Crippen molar-refractivity contribution in [3.63, 3.8) is 0 Å². The zero-order chi connectivity index (χ0) is 7.73. The highest BCUT2D eigenvalue weighted by atomic mass is 15.2. The lowest BCUT2D eigenvalue weighted by atomic mass is 10.00. The van der Waals surface area contributed by atoms with Gasteiger partial charge in [-0.2, -0.15) is 0 Å². The zero-order valence-electron chi connectivity index (χ0n) is 7.40. The minimum atomic E-state index is 0.497. The Bertz CT molecular complexity index is 132. The Hall–Kier alpha value is -0.0800. The van der Waals surface area contributed by atoms with E-state index in [2.05, 4.69) is 17.1 Å². The smallest absolute Gasteiger partial charge is 0.0317 e. The van der Waals surface area contributed by atoms with Crippen molar-refractivity contribution in [3.8, 4) is 0 Å². The second-order valence-electron chi connectivity index (χ2n) is 4.12. The minimum absolute atomic E-state index is 0.497. The van der Waals surface area contributed by atoms with Crippen LogP contribution in [-0.4, -0.2) is 36.6 Å². The van der Waals surface area contributed by atoms with E-state index < -0.39 is 0 Å². The fourth-order valence-electron chi connectivity index (χ4n) is 2.33. The van der Waals surface area contributed by atoms with E-state index in [4.69, 9.17) is 0 Å². The average molecular weight is 154 g/mol. The Morgan fingerprint density at radius 1 is 1.27 bits per heavy atom. The molecule has 2 aliphatic rings. The Morgan fingerprint density at radius 2 is 2.00 bits per heavy atom. The molecule has 2 heterocycles. The summed E-state index contributed by atoms with van der Waals surface area (Å²) in [5.41, 5.74) is 0.497. The van der Waals surface area contributed by atoms with Crippen molar-refractivity contribution < 1.29 is 0 Å². The molecule has 2 saturated heterocycles. The summed E-state index contributed by atoms with van der Waals surface area (Å²) < 4.78 is 0. The molecule has 2 nitrogen and oxygen atoms in total. The molecule has 0 aliphatic carbocycles. The third kappa shape index (κ3) is 1.30. The summed E-state index contributed by atoms with van der Waals surface area (Å²) >= 11 is 0. The van der Waals surface area contributed by atoms with Gasteiger partial charge in [-0.1, -0.05) is 0 Å². The molecule has 0 radical (unpaired) electrons. The van der Waals surface area contributed by atoms with Gasteiger partial charge >= 0.3 is 0 Å². The van der Waals surface area contributed by atoms with Gasteiger partial charge in [-0.15, -0.1) is 0 Å². The van der Waals surface area contributed by atoms with Gasteiger partial charge in [0.05, 0.1) is 0 Å². The molecule has 2 aliphatic heterocycles. The van der Waals surface area contributed by atoms with E-state index in [1.807, 2.05) is 0 Å². The van der Waals surface area contributed by atoms with Crippen LogP contribution in [0.3, 0.4) is 0 Å². The van der Waals surface area contributed by atoms with Gasteiger partial charge in [0, 0.05) is 12.1 Å². The van der Waals surface area contributed by atoms with E-state index >= 15 is 0 Å². The van der Waals surface area contributed by atoms with E-state index in [0.29, 0.717) is 5.54 Å². The van der Waals surface area contributed by atoms with Crippen molar-refractivity contribution in [2.24, 2.45) is 0 Å². The normalized spacial score (nSPS) is 40.1. The topological polar surface area (TPSA) is 15.3 Å². The molecule has 0 aromatic rings. The standard InChI is InChI=1S/C9H18N2/c1-9(4-5-10-8-9)11-6-2-3-7-11/h10H,2-8H2,1H3. The first-order chi connectivity index (χ1) is 5.31. The van der Waals surface area contributed by atoms with Gasteiger partial charge in [0.15, 0.2) is 0 Å². The average Bonchev–Trinajstić information content (AvgIpc) is 2.55. The van der Waals surface area contributed by atoms with Crippen LogP contribution >= 0.6 is 0 Å². The monoisotopic (exact) mass is 154 g/mol. The Labute approximate surface area is 69.0 Å². The van der Waals surface area contributed by atoms with E-state index in [1.165, 1.54) is 45.4 Å². The van der Waals surface area contributed by atoms with E-state index in [1.54, 1.807) is 0 Å². The number of nitrogens with one attached hydrogen (secondary N) is 1. The molecular weight excluding hydrogens is 136 g/mol. The molecule has 1 N–H and O–H groups in total. The maximum Gasteiger partial charge on any atom is 0.0317 e. The molecule has 1 unspecified atom stereocenters. The lowest BCUT2D eigenvalue weighted by Crippen LogP contribution is -2.46. The molecule has 0 amide bonds. The lowest BCUT2D eigenvalue weighted by Gasteiger charge is -2.34. The van der Waals surface area contributed by atoms with Crippen LogP contribution in [0.2, 0.25) is 0 Å². The van der Waals surface area contributed by atoms with Crippen molar-refractivity contribution in [2.45, 2.75) is 31.7 Å². The lowest BCUT2D eigenvalue weighted by molar-refractivity contribution is 0.156. The Balaban J connectivity index is 2.00. The summed E-state index contributed by atoms with van der Waals surface area (Å²) in [5.74, 6) is 0. The van der Waals surface area contributed by atoms with Crippen LogP contribution in [0.15, 0.2) is 0 Å². The zero-order valence-corrected chi connectivity index (χ0v) is 7.40. The molecular formula is C9H18N2. The molecule has 64 valence electrons. The number of likely N-dealkylation sites (tertiary alicyclic amines) is 1. The predicted octanol–water partition coefficient (Wildman–Crippen LogP) is 0.834. The molecule has 0 aromatic heterocycles. The molecule has 0 bridgehead atoms. The molecule has 2 rings (SSSR count). The highest BCUT2D eigenvalue weighted by Crippen LogP contribution is 2.26. The fraction of sp³-hybridized carbons (Fsp3) is 1.00. The Morgan fingerprint density at radius 3 is 2.55 bits per heavy atom. The molecule has 11 heavy (non-hydrogen) atoms. The van der Waals surface area contributed by atoms with Gasteiger partial charge in [0.2, 0.25) is 0 Å². The van der Waals surface area contributed by atoms with E-state index in [0.717, 1.165) is 0 Å². The van der Waals surface area contributed by atoms with Crippen LogP contribution in [0, 0.1) is 0 Å². The molecule has 0 saturated carbocycles. The van der Waals surface area contributed by atoms with Crippen LogP contribution in [-0.2, 0) is 0 Å². The van der Waals surface area contributed by atoms with Gasteiger partial charge in [-0.25, -0.2) is 0 Å². The first-order valence-corrected chi connectivity index (χ1v) is 4.77. The maximum absolute atomic E-state index is 3.45. The Kier molecular flexibility index (Phi) is 1.90. The van der Waals surface area contributed by atoms with E-state index in [9.17, 15) is 0 Å². The van der Waals surface area contributed by atoms with Gasteiger partial charge < -0.3 is 5.32 Å². The summed E-state index contributed by atoms with van der Waals surface area (Å²) in [5, 5.41) is 3.45. The third-order valence-corrected chi connectivity index (χ3v) is 3.22. The predicted molar refractivity (Wildman–Crippen MR) is 46.7 cm³/mol. The number of rotatable bonds is 1. The molecule has 2 heteroatoms. The fourth-order valence-corrected chi connectivity index (χ4v) is 2.33. The van der Waals surface area contributed by atoms with Crippen LogP contribution in [0.4, 0.5) is 0 Å². The SMILES string of the molecule is CC1(N2CCCC2)CCNC1. The van der Waals surface area contributed by atoms with Gasteiger partial charge in [0.25, 0.3) is 0 Å². The van der Waals surface area contributed by atoms with Crippen LogP contribution in [0.5, 0.6) is 0 Å². The van der Waals surface area contributed by atoms with Gasteiger partial charge in [0.1, 0.15) is 0 Å². The maximum atomic E-state index is 3.45. The molecule has 2 fully saturated rings. The largest absolute Gasteiger partial charge is 0.315 e. The molecule has 1 atom stereocenters. The quantitative estimate of drug-likeness (QED) is 0.602. The van der Waals surface area contributed by atoms with Crippen molar-refractivity contribution >= 4 is 0 Å². The second-order valence-corrected chi connectivity index (χ2v) is 4.12. The van der Waals surface area contributed by atoms with E-state index in [-0.39, 0.29) is 0 Å². The van der Waals surface area contributed by atoms with Crippen molar-refractivity contribution in [3.05, 3.63) is 0 Å². The minimum Gasteiger partial charge on any atom is -0.315 e. The van der Waals surface area contributed by atoms with Crippen LogP contribution < -0.4 is 5.32 Å². The van der Waals surface area contributed by atoms with Crippen molar-refractivity contribution in [1.82, 2.24) is 10.2 Å². The second kappa shape index (κ2) is 2.76.